The fourth-order valence-electron chi connectivity index (χ4n) is 1.95. The third kappa shape index (κ3) is 2.50. The van der Waals surface area contributed by atoms with Crippen LogP contribution in [0.15, 0.2) is 12.1 Å². The quantitative estimate of drug-likeness (QED) is 0.813. The molecule has 5 heteroatoms. The van der Waals surface area contributed by atoms with Crippen LogP contribution >= 0.6 is 23.2 Å². The van der Waals surface area contributed by atoms with Gasteiger partial charge in [-0.2, -0.15) is 0 Å². The van der Waals surface area contributed by atoms with E-state index in [1.165, 1.54) is 6.07 Å². The molecule has 0 spiro atoms. The lowest BCUT2D eigenvalue weighted by molar-refractivity contribution is 0.0850. The molecule has 0 bridgehead atoms. The minimum Gasteiger partial charge on any atom is -0.399 e. The summed E-state index contributed by atoms with van der Waals surface area (Å²) in [5.41, 5.74) is 6.31. The maximum absolute atomic E-state index is 12.1. The summed E-state index contributed by atoms with van der Waals surface area (Å²) in [5.74, 6) is -0.216. The molecule has 3 nitrogen and oxygen atoms in total. The maximum Gasteiger partial charge on any atom is 0.253 e. The Balaban J connectivity index is 2.24. The zero-order valence-corrected chi connectivity index (χ0v) is 11.0. The van der Waals surface area contributed by atoms with E-state index < -0.39 is 0 Å². The lowest BCUT2D eigenvalue weighted by Gasteiger charge is -2.39. The van der Waals surface area contributed by atoms with Gasteiger partial charge in [0.15, 0.2) is 0 Å². The average Bonchev–Trinajstić information content (AvgIpc) is 2.21. The van der Waals surface area contributed by atoms with Gasteiger partial charge in [0.2, 0.25) is 0 Å². The Labute approximate surface area is 110 Å². The number of nitrogens with one attached hydrogen (secondary N) is 1. The second-order valence-electron chi connectivity index (χ2n) is 4.73. The van der Waals surface area contributed by atoms with Gasteiger partial charge in [-0.1, -0.05) is 23.2 Å². The molecule has 0 atom stereocenters. The molecule has 0 aliphatic heterocycles. The number of halogens is 2. The SMILES string of the molecule is CC1(NC(=O)c2cc(N)cc(Cl)c2Cl)CCC1. The highest BCUT2D eigenvalue weighted by atomic mass is 35.5. The first-order chi connectivity index (χ1) is 7.91. The smallest absolute Gasteiger partial charge is 0.253 e. The van der Waals surface area contributed by atoms with E-state index >= 15 is 0 Å². The van der Waals surface area contributed by atoms with Crippen LogP contribution < -0.4 is 11.1 Å². The first-order valence-electron chi connectivity index (χ1n) is 5.48. The van der Waals surface area contributed by atoms with Crippen LogP contribution in [0.4, 0.5) is 5.69 Å². The molecule has 1 saturated carbocycles. The van der Waals surface area contributed by atoms with Gasteiger partial charge in [0, 0.05) is 11.2 Å². The number of anilines is 1. The number of nitrogen functional groups attached to an aromatic ring is 1. The summed E-state index contributed by atoms with van der Waals surface area (Å²) >= 11 is 11.9. The van der Waals surface area contributed by atoms with E-state index in [9.17, 15) is 4.79 Å². The summed E-state index contributed by atoms with van der Waals surface area (Å²) in [6.07, 6.45) is 3.13. The molecule has 3 N–H and O–H groups in total. The van der Waals surface area contributed by atoms with E-state index in [1.54, 1.807) is 6.07 Å². The number of carbonyl (C=O) groups excluding carboxylic acids is 1. The largest absolute Gasteiger partial charge is 0.399 e. The number of rotatable bonds is 2. The zero-order valence-electron chi connectivity index (χ0n) is 9.52. The van der Waals surface area contributed by atoms with Crippen molar-refractivity contribution in [1.29, 1.82) is 0 Å². The van der Waals surface area contributed by atoms with Crippen molar-refractivity contribution >= 4 is 34.8 Å². The average molecular weight is 273 g/mol. The Hall–Kier alpha value is -0.930. The molecule has 0 heterocycles. The summed E-state index contributed by atoms with van der Waals surface area (Å²) in [4.78, 5) is 12.1. The van der Waals surface area contributed by atoms with Crippen LogP contribution in [0.5, 0.6) is 0 Å². The third-order valence-corrected chi connectivity index (χ3v) is 3.97. The molecule has 2 rings (SSSR count). The zero-order chi connectivity index (χ0) is 12.6. The van der Waals surface area contributed by atoms with Crippen LogP contribution in [0.1, 0.15) is 36.5 Å². The first kappa shape index (κ1) is 12.5. The van der Waals surface area contributed by atoms with Gasteiger partial charge in [-0.15, -0.1) is 0 Å². The van der Waals surface area contributed by atoms with Crippen LogP contribution in [0.25, 0.3) is 0 Å². The predicted molar refractivity (Wildman–Crippen MR) is 70.6 cm³/mol. The molecule has 0 aromatic heterocycles. The van der Waals surface area contributed by atoms with E-state index in [2.05, 4.69) is 5.32 Å². The van der Waals surface area contributed by atoms with Gasteiger partial charge in [0.25, 0.3) is 5.91 Å². The van der Waals surface area contributed by atoms with E-state index in [0.29, 0.717) is 16.3 Å². The van der Waals surface area contributed by atoms with E-state index in [1.807, 2.05) is 6.92 Å². The molecule has 1 amide bonds. The van der Waals surface area contributed by atoms with Gasteiger partial charge in [-0.25, -0.2) is 0 Å². The van der Waals surface area contributed by atoms with Crippen molar-refractivity contribution in [2.75, 3.05) is 5.73 Å². The minimum atomic E-state index is -0.216. The van der Waals surface area contributed by atoms with Crippen molar-refractivity contribution in [1.82, 2.24) is 5.32 Å². The summed E-state index contributed by atoms with van der Waals surface area (Å²) in [7, 11) is 0. The van der Waals surface area contributed by atoms with Gasteiger partial charge in [0.1, 0.15) is 0 Å². The minimum absolute atomic E-state index is 0.114. The highest BCUT2D eigenvalue weighted by Gasteiger charge is 2.33. The Morgan fingerprint density at radius 1 is 1.41 bits per heavy atom. The lowest BCUT2D eigenvalue weighted by Crippen LogP contribution is -2.51. The highest BCUT2D eigenvalue weighted by molar-refractivity contribution is 6.44. The Kier molecular flexibility index (Phi) is 3.23. The molecule has 0 unspecified atom stereocenters. The van der Waals surface area contributed by atoms with Gasteiger partial charge in [-0.05, 0) is 38.3 Å². The van der Waals surface area contributed by atoms with Gasteiger partial charge >= 0.3 is 0 Å². The summed E-state index contributed by atoms with van der Waals surface area (Å²) in [6.45, 7) is 2.02. The Morgan fingerprint density at radius 3 is 2.59 bits per heavy atom. The monoisotopic (exact) mass is 272 g/mol. The third-order valence-electron chi connectivity index (χ3n) is 3.17. The van der Waals surface area contributed by atoms with Crippen molar-refractivity contribution in [2.24, 2.45) is 0 Å². The Bertz CT molecular complexity index is 470. The molecule has 1 aliphatic carbocycles. The van der Waals surface area contributed by atoms with Crippen LogP contribution in [0.3, 0.4) is 0 Å². The second-order valence-corrected chi connectivity index (χ2v) is 5.52. The molecule has 17 heavy (non-hydrogen) atoms. The topological polar surface area (TPSA) is 55.1 Å². The molecule has 0 radical (unpaired) electrons. The van der Waals surface area contributed by atoms with Crippen molar-refractivity contribution in [2.45, 2.75) is 31.7 Å². The van der Waals surface area contributed by atoms with Gasteiger partial charge in [0.05, 0.1) is 15.6 Å². The second kappa shape index (κ2) is 4.39. The van der Waals surface area contributed by atoms with Crippen molar-refractivity contribution in [3.8, 4) is 0 Å². The van der Waals surface area contributed by atoms with Crippen molar-refractivity contribution in [3.63, 3.8) is 0 Å². The van der Waals surface area contributed by atoms with Gasteiger partial charge in [-0.3, -0.25) is 4.79 Å². The van der Waals surface area contributed by atoms with Crippen LogP contribution in [0, 0.1) is 0 Å². The van der Waals surface area contributed by atoms with Gasteiger partial charge < -0.3 is 11.1 Å². The molecule has 1 fully saturated rings. The number of amides is 1. The number of benzene rings is 1. The highest BCUT2D eigenvalue weighted by Crippen LogP contribution is 2.33. The molecule has 1 aromatic rings. The van der Waals surface area contributed by atoms with Crippen LogP contribution in [-0.4, -0.2) is 11.4 Å². The molecule has 1 aliphatic rings. The number of carbonyl (C=O) groups is 1. The fraction of sp³-hybridized carbons (Fsp3) is 0.417. The lowest BCUT2D eigenvalue weighted by atomic mass is 9.78. The molecule has 92 valence electrons. The maximum atomic E-state index is 12.1. The summed E-state index contributed by atoms with van der Waals surface area (Å²) in [5, 5.41) is 3.52. The van der Waals surface area contributed by atoms with Crippen LogP contribution in [0.2, 0.25) is 10.0 Å². The molecular weight excluding hydrogens is 259 g/mol. The number of nitrogens with two attached hydrogens (primary N) is 1. The van der Waals surface area contributed by atoms with Crippen LogP contribution in [-0.2, 0) is 0 Å². The van der Waals surface area contributed by atoms with E-state index in [4.69, 9.17) is 28.9 Å². The van der Waals surface area contributed by atoms with E-state index in [0.717, 1.165) is 19.3 Å². The summed E-state index contributed by atoms with van der Waals surface area (Å²) < 4.78 is 0. The van der Waals surface area contributed by atoms with Crippen molar-refractivity contribution in [3.05, 3.63) is 27.7 Å². The first-order valence-corrected chi connectivity index (χ1v) is 6.24. The predicted octanol–water partition coefficient (Wildman–Crippen LogP) is 3.25. The number of hydrogen-bond donors (Lipinski definition) is 2. The fourth-order valence-corrected chi connectivity index (χ4v) is 2.37. The Morgan fingerprint density at radius 2 is 2.06 bits per heavy atom. The number of hydrogen-bond acceptors (Lipinski definition) is 2. The molecule has 1 aromatic carbocycles. The summed E-state index contributed by atoms with van der Waals surface area (Å²) in [6, 6.07) is 3.08. The standard InChI is InChI=1S/C12H14Cl2N2O/c1-12(3-2-4-12)16-11(17)8-5-7(15)6-9(13)10(8)14/h5-6H,2-4,15H2,1H3,(H,16,17). The van der Waals surface area contributed by atoms with E-state index in [-0.39, 0.29) is 16.5 Å². The normalized spacial score (nSPS) is 17.4. The molecular formula is C12H14Cl2N2O. The van der Waals surface area contributed by atoms with Crippen molar-refractivity contribution < 1.29 is 4.79 Å². The molecule has 0 saturated heterocycles.